The smallest absolute Gasteiger partial charge is 0.399 e. The molecule has 0 amide bonds. The van der Waals surface area contributed by atoms with Gasteiger partial charge in [0.1, 0.15) is 0 Å². The fraction of sp³-hybridized carbons (Fsp3) is 0.600. The van der Waals surface area contributed by atoms with Crippen molar-refractivity contribution < 1.29 is 26.7 Å². The van der Waals surface area contributed by atoms with Crippen molar-refractivity contribution in [2.75, 3.05) is 11.4 Å². The summed E-state index contributed by atoms with van der Waals surface area (Å²) in [4.78, 5) is 1.78. The van der Waals surface area contributed by atoms with Crippen molar-refractivity contribution in [3.05, 3.63) is 23.8 Å². The van der Waals surface area contributed by atoms with E-state index in [1.807, 2.05) is 20.8 Å². The van der Waals surface area contributed by atoms with E-state index in [0.29, 0.717) is 6.54 Å². The molecule has 1 aromatic rings. The van der Waals surface area contributed by atoms with Crippen LogP contribution in [-0.2, 0) is 0 Å². The van der Waals surface area contributed by atoms with Crippen molar-refractivity contribution in [3.8, 4) is 5.75 Å². The maximum atomic E-state index is 13.8. The molecule has 1 aromatic carbocycles. The molecule has 0 aliphatic carbocycles. The number of alkyl halides is 3. The van der Waals surface area contributed by atoms with Crippen molar-refractivity contribution in [1.29, 1.82) is 0 Å². The molecule has 1 rings (SSSR count). The van der Waals surface area contributed by atoms with Crippen molar-refractivity contribution in [3.63, 3.8) is 0 Å². The molecule has 0 bridgehead atoms. The number of halogens is 5. The Morgan fingerprint density at radius 2 is 1.68 bits per heavy atom. The van der Waals surface area contributed by atoms with Gasteiger partial charge in [0, 0.05) is 30.4 Å². The summed E-state index contributed by atoms with van der Waals surface area (Å²) in [6.07, 6.45) is -2.68. The van der Waals surface area contributed by atoms with Crippen LogP contribution in [0.2, 0.25) is 0 Å². The van der Waals surface area contributed by atoms with Gasteiger partial charge in [-0.3, -0.25) is 0 Å². The number of benzene rings is 1. The Kier molecular flexibility index (Phi) is 6.44. The Balaban J connectivity index is 3.13. The minimum atomic E-state index is -5.14. The van der Waals surface area contributed by atoms with E-state index in [0.717, 1.165) is 31.4 Å². The van der Waals surface area contributed by atoms with Crippen LogP contribution in [0.15, 0.2) is 12.1 Å². The average molecular weight is 325 g/mol. The largest absolute Gasteiger partial charge is 0.573 e. The van der Waals surface area contributed by atoms with Crippen LogP contribution in [0.1, 0.15) is 40.0 Å². The molecule has 0 radical (unpaired) electrons. The minimum absolute atomic E-state index is 0.0136. The third-order valence-electron chi connectivity index (χ3n) is 3.41. The molecule has 7 heteroatoms. The van der Waals surface area contributed by atoms with Crippen molar-refractivity contribution in [2.45, 2.75) is 52.4 Å². The Morgan fingerprint density at radius 1 is 1.14 bits per heavy atom. The first kappa shape index (κ1) is 18.5. The lowest BCUT2D eigenvalue weighted by atomic mass is 10.1. The van der Waals surface area contributed by atoms with Crippen LogP contribution in [-0.4, -0.2) is 18.9 Å². The molecule has 0 aromatic heterocycles. The zero-order chi connectivity index (χ0) is 16.9. The van der Waals surface area contributed by atoms with E-state index >= 15 is 0 Å². The second-order valence-electron chi connectivity index (χ2n) is 5.09. The van der Waals surface area contributed by atoms with Gasteiger partial charge < -0.3 is 9.64 Å². The number of unbranched alkanes of at least 4 members (excludes halogenated alkanes) is 1. The van der Waals surface area contributed by atoms with Gasteiger partial charge in [-0.2, -0.15) is 0 Å². The minimum Gasteiger partial charge on any atom is -0.399 e. The Hall–Kier alpha value is -1.53. The van der Waals surface area contributed by atoms with Crippen LogP contribution in [0.4, 0.5) is 27.6 Å². The number of anilines is 1. The molecular formula is C15H20F5NO. The molecule has 0 aliphatic heterocycles. The molecule has 0 saturated carbocycles. The molecule has 0 N–H and O–H groups in total. The van der Waals surface area contributed by atoms with Crippen LogP contribution >= 0.6 is 0 Å². The maximum Gasteiger partial charge on any atom is 0.573 e. The lowest BCUT2D eigenvalue weighted by molar-refractivity contribution is -0.276. The van der Waals surface area contributed by atoms with Gasteiger partial charge in [-0.25, -0.2) is 8.78 Å². The molecule has 0 aliphatic rings. The summed E-state index contributed by atoms with van der Waals surface area (Å²) in [7, 11) is 0. The lowest BCUT2D eigenvalue weighted by Crippen LogP contribution is -2.33. The zero-order valence-corrected chi connectivity index (χ0v) is 12.8. The molecule has 0 fully saturated rings. The number of rotatable bonds is 7. The average Bonchev–Trinajstić information content (AvgIpc) is 2.42. The molecule has 1 atom stereocenters. The summed E-state index contributed by atoms with van der Waals surface area (Å²) in [6.45, 7) is 6.38. The van der Waals surface area contributed by atoms with Crippen molar-refractivity contribution in [2.24, 2.45) is 0 Å². The highest BCUT2D eigenvalue weighted by atomic mass is 19.4. The Morgan fingerprint density at radius 3 is 2.09 bits per heavy atom. The quantitative estimate of drug-likeness (QED) is 0.633. The van der Waals surface area contributed by atoms with Crippen molar-refractivity contribution >= 4 is 5.69 Å². The summed E-state index contributed by atoms with van der Waals surface area (Å²) in [5.74, 6) is -4.15. The van der Waals surface area contributed by atoms with Crippen LogP contribution < -0.4 is 9.64 Å². The van der Waals surface area contributed by atoms with Crippen LogP contribution in [0.5, 0.6) is 5.75 Å². The fourth-order valence-corrected chi connectivity index (χ4v) is 2.08. The van der Waals surface area contributed by atoms with Crippen LogP contribution in [0.3, 0.4) is 0 Å². The molecular weight excluding hydrogens is 305 g/mol. The second kappa shape index (κ2) is 7.65. The first-order valence-corrected chi connectivity index (χ1v) is 7.21. The molecule has 0 heterocycles. The van der Waals surface area contributed by atoms with E-state index in [-0.39, 0.29) is 11.7 Å². The van der Waals surface area contributed by atoms with Gasteiger partial charge in [-0.15, -0.1) is 13.2 Å². The van der Waals surface area contributed by atoms with E-state index in [9.17, 15) is 22.0 Å². The van der Waals surface area contributed by atoms with Gasteiger partial charge in [0.2, 0.25) is 5.75 Å². The maximum absolute atomic E-state index is 13.8. The van der Waals surface area contributed by atoms with E-state index in [1.54, 1.807) is 4.90 Å². The molecule has 22 heavy (non-hydrogen) atoms. The molecule has 0 unspecified atom stereocenters. The number of ether oxygens (including phenoxy) is 1. The molecule has 0 spiro atoms. The van der Waals surface area contributed by atoms with Gasteiger partial charge in [-0.1, -0.05) is 20.3 Å². The predicted molar refractivity (Wildman–Crippen MR) is 75.0 cm³/mol. The Labute approximate surface area is 126 Å². The Bertz CT molecular complexity index is 466. The predicted octanol–water partition coefficient (Wildman–Crippen LogP) is 5.27. The summed E-state index contributed by atoms with van der Waals surface area (Å²) in [5, 5.41) is 0. The van der Waals surface area contributed by atoms with E-state index in [4.69, 9.17) is 0 Å². The normalized spacial score (nSPS) is 13.1. The number of hydrogen-bond acceptors (Lipinski definition) is 2. The highest BCUT2D eigenvalue weighted by molar-refractivity contribution is 5.51. The van der Waals surface area contributed by atoms with E-state index in [2.05, 4.69) is 4.74 Å². The highest BCUT2D eigenvalue weighted by Gasteiger charge is 2.34. The highest BCUT2D eigenvalue weighted by Crippen LogP contribution is 2.32. The van der Waals surface area contributed by atoms with Gasteiger partial charge >= 0.3 is 6.36 Å². The summed E-state index contributed by atoms with van der Waals surface area (Å²) in [5.41, 5.74) is 0.215. The standard InChI is InChI=1S/C15H20F5NO/c1-4-6-7-21(10(3)5-2)11-8-12(16)14(13(17)9-11)22-15(18,19)20/h8-10H,4-7H2,1-3H3/t10-/m0/s1. The third-order valence-corrected chi connectivity index (χ3v) is 3.41. The van der Waals surface area contributed by atoms with E-state index in [1.165, 1.54) is 0 Å². The first-order valence-electron chi connectivity index (χ1n) is 7.21. The molecule has 126 valence electrons. The van der Waals surface area contributed by atoms with Crippen molar-refractivity contribution in [1.82, 2.24) is 0 Å². The van der Waals surface area contributed by atoms with Gasteiger partial charge in [0.15, 0.2) is 11.6 Å². The summed E-state index contributed by atoms with van der Waals surface area (Å²) < 4.78 is 67.4. The molecule has 0 saturated heterocycles. The number of hydrogen-bond donors (Lipinski definition) is 0. The van der Waals surface area contributed by atoms with Gasteiger partial charge in [-0.05, 0) is 19.8 Å². The number of nitrogens with zero attached hydrogens (tertiary/aromatic N) is 1. The van der Waals surface area contributed by atoms with Crippen LogP contribution in [0, 0.1) is 11.6 Å². The third kappa shape index (κ3) is 5.03. The molecule has 2 nitrogen and oxygen atoms in total. The summed E-state index contributed by atoms with van der Waals surface area (Å²) in [6, 6.07) is 1.78. The monoisotopic (exact) mass is 325 g/mol. The van der Waals surface area contributed by atoms with E-state index < -0.39 is 23.7 Å². The lowest BCUT2D eigenvalue weighted by Gasteiger charge is -2.31. The SMILES string of the molecule is CCCCN(c1cc(F)c(OC(F)(F)F)c(F)c1)[C@@H](C)CC. The first-order chi connectivity index (χ1) is 10.2. The zero-order valence-electron chi connectivity index (χ0n) is 12.8. The van der Waals surface area contributed by atoms with Gasteiger partial charge in [0.25, 0.3) is 0 Å². The van der Waals surface area contributed by atoms with Gasteiger partial charge in [0.05, 0.1) is 0 Å². The van der Waals surface area contributed by atoms with Crippen LogP contribution in [0.25, 0.3) is 0 Å². The summed E-state index contributed by atoms with van der Waals surface area (Å²) >= 11 is 0. The second-order valence-corrected chi connectivity index (χ2v) is 5.09. The topological polar surface area (TPSA) is 12.5 Å². The fourth-order valence-electron chi connectivity index (χ4n) is 2.08.